The lowest BCUT2D eigenvalue weighted by Gasteiger charge is -2.08. The molecule has 0 aliphatic heterocycles. The van der Waals surface area contributed by atoms with Crippen LogP contribution in [0.25, 0.3) is 34.2 Å². The molecule has 1 heterocycles. The van der Waals surface area contributed by atoms with E-state index in [2.05, 4.69) is 15.0 Å². The van der Waals surface area contributed by atoms with E-state index < -0.39 is 4.92 Å². The smallest absolute Gasteiger partial charge is 0.258 e. The highest BCUT2D eigenvalue weighted by Crippen LogP contribution is 2.28. The fourth-order valence-corrected chi connectivity index (χ4v) is 2.88. The highest BCUT2D eigenvalue weighted by molar-refractivity contribution is 5.68. The van der Waals surface area contributed by atoms with E-state index >= 15 is 0 Å². The van der Waals surface area contributed by atoms with Crippen molar-refractivity contribution in [2.75, 3.05) is 0 Å². The van der Waals surface area contributed by atoms with Crippen molar-refractivity contribution in [3.63, 3.8) is 0 Å². The Balaban J connectivity index is 1.92. The number of benzene rings is 3. The van der Waals surface area contributed by atoms with Crippen LogP contribution in [0.4, 0.5) is 5.69 Å². The number of rotatable bonds is 4. The van der Waals surface area contributed by atoms with Crippen LogP contribution in [0.2, 0.25) is 0 Å². The van der Waals surface area contributed by atoms with Crippen molar-refractivity contribution < 1.29 is 4.92 Å². The van der Waals surface area contributed by atoms with Crippen LogP contribution in [0.5, 0.6) is 0 Å². The zero-order valence-corrected chi connectivity index (χ0v) is 15.1. The molecule has 0 atom stereocenters. The van der Waals surface area contributed by atoms with Crippen LogP contribution in [-0.4, -0.2) is 19.9 Å². The van der Waals surface area contributed by atoms with Crippen molar-refractivity contribution >= 4 is 5.69 Å². The maximum Gasteiger partial charge on any atom is 0.273 e. The summed E-state index contributed by atoms with van der Waals surface area (Å²) < 4.78 is 0. The van der Waals surface area contributed by atoms with Crippen LogP contribution >= 0.6 is 0 Å². The quantitative estimate of drug-likeness (QED) is 0.370. The number of nitro groups is 1. The Morgan fingerprint density at radius 1 is 0.679 bits per heavy atom. The van der Waals surface area contributed by atoms with Gasteiger partial charge in [0, 0.05) is 28.3 Å². The van der Waals surface area contributed by atoms with E-state index in [1.54, 1.807) is 19.1 Å². The van der Waals surface area contributed by atoms with Crippen LogP contribution < -0.4 is 0 Å². The molecule has 0 aliphatic carbocycles. The van der Waals surface area contributed by atoms with Gasteiger partial charge in [-0.05, 0) is 6.92 Å². The van der Waals surface area contributed by atoms with E-state index in [9.17, 15) is 10.1 Å². The first-order valence-corrected chi connectivity index (χ1v) is 8.74. The minimum atomic E-state index is -0.393. The normalized spacial score (nSPS) is 10.6. The Hall–Kier alpha value is -3.93. The number of hydrogen-bond acceptors (Lipinski definition) is 5. The van der Waals surface area contributed by atoms with Gasteiger partial charge in [-0.2, -0.15) is 0 Å². The number of hydrogen-bond donors (Lipinski definition) is 0. The highest BCUT2D eigenvalue weighted by atomic mass is 16.6. The molecule has 0 unspecified atom stereocenters. The number of nitrogens with zero attached hydrogens (tertiary/aromatic N) is 4. The molecule has 0 amide bonds. The molecule has 3 aromatic carbocycles. The van der Waals surface area contributed by atoms with E-state index in [0.29, 0.717) is 28.6 Å². The average Bonchev–Trinajstić information content (AvgIpc) is 2.75. The number of aromatic nitrogens is 3. The van der Waals surface area contributed by atoms with Gasteiger partial charge in [-0.15, -0.1) is 0 Å². The molecule has 0 spiro atoms. The van der Waals surface area contributed by atoms with Crippen LogP contribution in [0, 0.1) is 17.0 Å². The summed E-state index contributed by atoms with van der Waals surface area (Å²) in [5.41, 5.74) is 2.92. The molecule has 136 valence electrons. The van der Waals surface area contributed by atoms with Crippen LogP contribution in [-0.2, 0) is 0 Å². The lowest BCUT2D eigenvalue weighted by atomic mass is 10.1. The van der Waals surface area contributed by atoms with Crippen molar-refractivity contribution in [1.29, 1.82) is 0 Å². The van der Waals surface area contributed by atoms with Crippen molar-refractivity contribution in [3.8, 4) is 34.2 Å². The van der Waals surface area contributed by atoms with Gasteiger partial charge in [0.1, 0.15) is 0 Å². The molecule has 0 fully saturated rings. The average molecular weight is 368 g/mol. The largest absolute Gasteiger partial charge is 0.273 e. The van der Waals surface area contributed by atoms with Crippen molar-refractivity contribution in [2.45, 2.75) is 6.92 Å². The van der Waals surface area contributed by atoms with Gasteiger partial charge in [0.2, 0.25) is 0 Å². The van der Waals surface area contributed by atoms with Gasteiger partial charge in [-0.1, -0.05) is 72.8 Å². The Bertz CT molecular complexity index is 1090. The molecule has 0 saturated heterocycles. The predicted molar refractivity (Wildman–Crippen MR) is 108 cm³/mol. The minimum absolute atomic E-state index is 0.0421. The molecule has 0 N–H and O–H groups in total. The first kappa shape index (κ1) is 17.5. The first-order chi connectivity index (χ1) is 13.6. The van der Waals surface area contributed by atoms with E-state index in [1.807, 2.05) is 60.7 Å². The minimum Gasteiger partial charge on any atom is -0.258 e. The van der Waals surface area contributed by atoms with E-state index in [1.165, 1.54) is 6.07 Å². The molecule has 4 rings (SSSR count). The van der Waals surface area contributed by atoms with Gasteiger partial charge < -0.3 is 0 Å². The van der Waals surface area contributed by atoms with E-state index in [4.69, 9.17) is 0 Å². The monoisotopic (exact) mass is 368 g/mol. The van der Waals surface area contributed by atoms with Crippen LogP contribution in [0.3, 0.4) is 0 Å². The van der Waals surface area contributed by atoms with Gasteiger partial charge >= 0.3 is 0 Å². The summed E-state index contributed by atoms with van der Waals surface area (Å²) in [5, 5.41) is 11.3. The van der Waals surface area contributed by atoms with E-state index in [0.717, 1.165) is 11.1 Å². The van der Waals surface area contributed by atoms with Crippen molar-refractivity contribution in [3.05, 3.63) is 94.5 Å². The second-order valence-corrected chi connectivity index (χ2v) is 6.30. The van der Waals surface area contributed by atoms with Gasteiger partial charge in [-0.3, -0.25) is 10.1 Å². The lowest BCUT2D eigenvalue weighted by Crippen LogP contribution is -2.01. The first-order valence-electron chi connectivity index (χ1n) is 8.74. The molecule has 6 nitrogen and oxygen atoms in total. The second kappa shape index (κ2) is 7.36. The van der Waals surface area contributed by atoms with Crippen LogP contribution in [0.1, 0.15) is 5.56 Å². The lowest BCUT2D eigenvalue weighted by molar-refractivity contribution is -0.385. The second-order valence-electron chi connectivity index (χ2n) is 6.30. The summed E-state index contributed by atoms with van der Waals surface area (Å²) >= 11 is 0. The summed E-state index contributed by atoms with van der Waals surface area (Å²) in [4.78, 5) is 24.7. The molecule has 4 aromatic rings. The molecular formula is C22H16N4O2. The third kappa shape index (κ3) is 3.48. The van der Waals surface area contributed by atoms with Crippen LogP contribution in [0.15, 0.2) is 78.9 Å². The fraction of sp³-hybridized carbons (Fsp3) is 0.0455. The summed E-state index contributed by atoms with van der Waals surface area (Å²) in [6, 6.07) is 24.2. The summed E-state index contributed by atoms with van der Waals surface area (Å²) in [5.74, 6) is 1.44. The fourth-order valence-electron chi connectivity index (χ4n) is 2.88. The van der Waals surface area contributed by atoms with E-state index in [-0.39, 0.29) is 5.69 Å². The van der Waals surface area contributed by atoms with Gasteiger partial charge in [0.15, 0.2) is 17.5 Å². The number of aryl methyl sites for hydroxylation is 1. The standard InChI is InChI=1S/C22H16N4O2/c1-15-12-13-18(14-19(15)26(27)28)22-24-20(16-8-4-2-5-9-16)23-21(25-22)17-10-6-3-7-11-17/h2-14H,1H3. The third-order valence-electron chi connectivity index (χ3n) is 4.36. The molecule has 28 heavy (non-hydrogen) atoms. The molecule has 0 bridgehead atoms. The topological polar surface area (TPSA) is 81.8 Å². The molecule has 0 aliphatic rings. The summed E-state index contributed by atoms with van der Waals surface area (Å²) in [6.45, 7) is 1.71. The van der Waals surface area contributed by atoms with Gasteiger partial charge in [-0.25, -0.2) is 15.0 Å². The van der Waals surface area contributed by atoms with Gasteiger partial charge in [0.05, 0.1) is 4.92 Å². The third-order valence-corrected chi connectivity index (χ3v) is 4.36. The maximum atomic E-state index is 11.3. The number of nitro benzene ring substituents is 1. The molecular weight excluding hydrogens is 352 g/mol. The molecule has 6 heteroatoms. The zero-order chi connectivity index (χ0) is 19.5. The summed E-state index contributed by atoms with van der Waals surface area (Å²) in [7, 11) is 0. The predicted octanol–water partition coefficient (Wildman–Crippen LogP) is 5.09. The highest BCUT2D eigenvalue weighted by Gasteiger charge is 2.16. The Labute approximate surface area is 161 Å². The van der Waals surface area contributed by atoms with Crippen molar-refractivity contribution in [1.82, 2.24) is 15.0 Å². The molecule has 1 aromatic heterocycles. The summed E-state index contributed by atoms with van der Waals surface area (Å²) in [6.07, 6.45) is 0. The zero-order valence-electron chi connectivity index (χ0n) is 15.1. The Morgan fingerprint density at radius 2 is 1.14 bits per heavy atom. The Kier molecular flexibility index (Phi) is 4.60. The SMILES string of the molecule is Cc1ccc(-c2nc(-c3ccccc3)nc(-c3ccccc3)n2)cc1[N+](=O)[O-]. The van der Waals surface area contributed by atoms with Gasteiger partial charge in [0.25, 0.3) is 5.69 Å². The van der Waals surface area contributed by atoms with Crippen molar-refractivity contribution in [2.24, 2.45) is 0 Å². The Morgan fingerprint density at radius 3 is 1.61 bits per heavy atom. The molecule has 0 saturated carbocycles. The maximum absolute atomic E-state index is 11.3. The molecule has 0 radical (unpaired) electrons.